The number of carbonyl (C=O) groups is 2. The number of esters is 2. The summed E-state index contributed by atoms with van der Waals surface area (Å²) in [5.74, 6) is 0.250. The summed E-state index contributed by atoms with van der Waals surface area (Å²) in [6.45, 7) is 4.16. The Balaban J connectivity index is 1.66. The Kier molecular flexibility index (Phi) is 7.00. The van der Waals surface area contributed by atoms with Crippen LogP contribution in [0.2, 0.25) is 0 Å². The molecule has 0 saturated carbocycles. The summed E-state index contributed by atoms with van der Waals surface area (Å²) in [7, 11) is 4.61. The maximum atomic E-state index is 13.2. The van der Waals surface area contributed by atoms with Gasteiger partial charge < -0.3 is 38.9 Å². The molecule has 0 aromatic heterocycles. The third-order valence-corrected chi connectivity index (χ3v) is 7.44. The minimum atomic E-state index is -0.781. The first kappa shape index (κ1) is 26.0. The molecule has 38 heavy (non-hydrogen) atoms. The molecule has 2 N–H and O–H groups in total. The van der Waals surface area contributed by atoms with Gasteiger partial charge in [-0.25, -0.2) is 0 Å². The van der Waals surface area contributed by atoms with E-state index in [0.29, 0.717) is 35.2 Å². The minimum Gasteiger partial charge on any atom is -0.493 e. The number of nitrogens with two attached hydrogens (primary N) is 1. The van der Waals surface area contributed by atoms with Crippen LogP contribution in [-0.2, 0) is 19.1 Å². The zero-order valence-electron chi connectivity index (χ0n) is 22.1. The molecule has 0 amide bonds. The number of fused-ring (bicyclic) bond motifs is 3. The molecule has 1 saturated heterocycles. The van der Waals surface area contributed by atoms with Gasteiger partial charge >= 0.3 is 11.9 Å². The fourth-order valence-electron chi connectivity index (χ4n) is 5.76. The monoisotopic (exact) mass is 527 g/mol. The lowest BCUT2D eigenvalue weighted by molar-refractivity contribution is -0.156. The Labute approximate surface area is 221 Å². The summed E-state index contributed by atoms with van der Waals surface area (Å²) in [4.78, 5) is 26.3. The number of methoxy groups -OCH3 is 3. The van der Waals surface area contributed by atoms with Crippen LogP contribution in [-0.4, -0.2) is 52.7 Å². The second-order valence-corrected chi connectivity index (χ2v) is 10.2. The average molecular weight is 528 g/mol. The predicted octanol–water partition coefficient (Wildman–Crippen LogP) is 3.33. The average Bonchev–Trinajstić information content (AvgIpc) is 3.52. The number of rotatable bonds is 8. The first-order chi connectivity index (χ1) is 18.3. The van der Waals surface area contributed by atoms with Crippen LogP contribution in [0.5, 0.6) is 28.7 Å². The number of hydrogen-bond acceptors (Lipinski definition) is 10. The van der Waals surface area contributed by atoms with Crippen LogP contribution in [0.15, 0.2) is 24.3 Å². The zero-order chi connectivity index (χ0) is 27.1. The summed E-state index contributed by atoms with van der Waals surface area (Å²) >= 11 is 0. The molecule has 5 atom stereocenters. The quantitative estimate of drug-likeness (QED) is 0.511. The number of carbonyl (C=O) groups excluding carboxylic acids is 2. The summed E-state index contributed by atoms with van der Waals surface area (Å²) in [6.07, 6.45) is -0.267. The van der Waals surface area contributed by atoms with E-state index in [0.717, 1.165) is 16.7 Å². The van der Waals surface area contributed by atoms with Gasteiger partial charge in [0.25, 0.3) is 0 Å². The zero-order valence-corrected chi connectivity index (χ0v) is 22.1. The topological polar surface area (TPSA) is 125 Å². The lowest BCUT2D eigenvalue weighted by atomic mass is 9.66. The third kappa shape index (κ3) is 4.36. The molecule has 0 radical (unpaired) electrons. The van der Waals surface area contributed by atoms with Crippen molar-refractivity contribution in [3.63, 3.8) is 0 Å². The third-order valence-electron chi connectivity index (χ3n) is 7.44. The Morgan fingerprint density at radius 1 is 0.974 bits per heavy atom. The highest BCUT2D eigenvalue weighted by Gasteiger charge is 2.54. The molecule has 2 aromatic carbocycles. The highest BCUT2D eigenvalue weighted by atomic mass is 16.7. The fourth-order valence-corrected chi connectivity index (χ4v) is 5.76. The van der Waals surface area contributed by atoms with E-state index in [2.05, 4.69) is 0 Å². The van der Waals surface area contributed by atoms with Gasteiger partial charge in [0.05, 0.1) is 33.9 Å². The van der Waals surface area contributed by atoms with Gasteiger partial charge in [0.15, 0.2) is 23.0 Å². The van der Waals surface area contributed by atoms with E-state index in [9.17, 15) is 9.59 Å². The lowest BCUT2D eigenvalue weighted by Crippen LogP contribution is -2.40. The van der Waals surface area contributed by atoms with Crippen LogP contribution in [0.25, 0.3) is 0 Å². The van der Waals surface area contributed by atoms with Crippen LogP contribution in [0, 0.1) is 17.8 Å². The van der Waals surface area contributed by atoms with E-state index in [4.69, 9.17) is 38.9 Å². The molecular weight excluding hydrogens is 494 g/mol. The molecule has 3 aliphatic rings. The van der Waals surface area contributed by atoms with Gasteiger partial charge in [-0.3, -0.25) is 9.59 Å². The van der Waals surface area contributed by atoms with Crippen LogP contribution >= 0.6 is 0 Å². The molecule has 1 fully saturated rings. The Morgan fingerprint density at radius 2 is 1.61 bits per heavy atom. The van der Waals surface area contributed by atoms with E-state index in [1.807, 2.05) is 38.1 Å². The van der Waals surface area contributed by atoms with Crippen molar-refractivity contribution in [2.75, 3.05) is 34.7 Å². The van der Waals surface area contributed by atoms with Crippen molar-refractivity contribution in [2.24, 2.45) is 23.5 Å². The van der Waals surface area contributed by atoms with Gasteiger partial charge in [0, 0.05) is 17.4 Å². The molecule has 2 aromatic rings. The summed E-state index contributed by atoms with van der Waals surface area (Å²) in [5, 5.41) is 0. The van der Waals surface area contributed by atoms with E-state index in [1.54, 1.807) is 0 Å². The number of ether oxygens (including phenoxy) is 7. The maximum absolute atomic E-state index is 13.2. The molecule has 10 nitrogen and oxygen atoms in total. The second kappa shape index (κ2) is 10.2. The van der Waals surface area contributed by atoms with Crippen molar-refractivity contribution >= 4 is 11.9 Å². The highest BCUT2D eigenvalue weighted by molar-refractivity contribution is 5.80. The van der Waals surface area contributed by atoms with Gasteiger partial charge in [-0.05, 0) is 47.7 Å². The molecule has 2 heterocycles. The molecule has 0 bridgehead atoms. The van der Waals surface area contributed by atoms with Crippen LogP contribution < -0.4 is 29.4 Å². The standard InChI is InChI=1S/C28H33NO9/c1-13(2)6-18(29)27(30)38-25-16-10-20-19(36-12-37-20)9-15(16)23(24-17(25)11-35-28(24)31)14-7-21(32-3)26(34-5)22(8-14)33-4/h7-10,13,17-18,23-25H,6,11-12,29H2,1-5H3/t17-,18-,23+,24+,25-/m0/s1. The minimum absolute atomic E-state index is 0.0751. The number of cyclic esters (lactones) is 1. The molecule has 204 valence electrons. The Bertz CT molecular complexity index is 1220. The molecule has 1 aliphatic carbocycles. The normalized spacial score (nSPS) is 23.8. The molecular formula is C28H33NO9. The van der Waals surface area contributed by atoms with Crippen LogP contribution in [0.1, 0.15) is 49.0 Å². The Morgan fingerprint density at radius 3 is 2.18 bits per heavy atom. The van der Waals surface area contributed by atoms with Crippen LogP contribution in [0.4, 0.5) is 0 Å². The molecule has 0 unspecified atom stereocenters. The van der Waals surface area contributed by atoms with E-state index in [1.165, 1.54) is 21.3 Å². The summed E-state index contributed by atoms with van der Waals surface area (Å²) in [6, 6.07) is 6.55. The van der Waals surface area contributed by atoms with E-state index < -0.39 is 35.9 Å². The van der Waals surface area contributed by atoms with Gasteiger partial charge in [-0.15, -0.1) is 0 Å². The van der Waals surface area contributed by atoms with E-state index in [-0.39, 0.29) is 25.3 Å². The van der Waals surface area contributed by atoms with Crippen molar-refractivity contribution in [3.8, 4) is 28.7 Å². The first-order valence-electron chi connectivity index (χ1n) is 12.6. The number of hydrogen-bond donors (Lipinski definition) is 1. The lowest BCUT2D eigenvalue weighted by Gasteiger charge is -2.39. The van der Waals surface area contributed by atoms with Gasteiger partial charge in [0.1, 0.15) is 12.1 Å². The largest absolute Gasteiger partial charge is 0.493 e. The van der Waals surface area contributed by atoms with Gasteiger partial charge in [0.2, 0.25) is 12.5 Å². The number of benzene rings is 2. The first-order valence-corrected chi connectivity index (χ1v) is 12.6. The van der Waals surface area contributed by atoms with Crippen molar-refractivity contribution in [3.05, 3.63) is 41.0 Å². The highest BCUT2D eigenvalue weighted by Crippen LogP contribution is 2.56. The maximum Gasteiger partial charge on any atom is 0.323 e. The second-order valence-electron chi connectivity index (χ2n) is 10.2. The molecule has 2 aliphatic heterocycles. The van der Waals surface area contributed by atoms with Crippen molar-refractivity contribution in [2.45, 2.75) is 38.3 Å². The molecule has 0 spiro atoms. The predicted molar refractivity (Wildman–Crippen MR) is 135 cm³/mol. The van der Waals surface area contributed by atoms with Crippen molar-refractivity contribution in [1.29, 1.82) is 0 Å². The fraction of sp³-hybridized carbons (Fsp3) is 0.500. The molecule has 5 rings (SSSR count). The van der Waals surface area contributed by atoms with Crippen LogP contribution in [0.3, 0.4) is 0 Å². The SMILES string of the molecule is COc1cc([C@@H]2c3cc4c(cc3[C@H](OC(=O)[C@@H](N)CC(C)C)[C@H]3COC(=O)[C@@H]23)OCO4)cc(OC)c1OC. The Hall–Kier alpha value is -3.66. The van der Waals surface area contributed by atoms with Crippen molar-refractivity contribution in [1.82, 2.24) is 0 Å². The van der Waals surface area contributed by atoms with Crippen molar-refractivity contribution < 1.29 is 42.7 Å². The molecule has 10 heteroatoms. The summed E-state index contributed by atoms with van der Waals surface area (Å²) < 4.78 is 39.6. The van der Waals surface area contributed by atoms with E-state index >= 15 is 0 Å². The smallest absolute Gasteiger partial charge is 0.323 e. The summed E-state index contributed by atoms with van der Waals surface area (Å²) in [5.41, 5.74) is 8.40. The van der Waals surface area contributed by atoms with Gasteiger partial charge in [-0.2, -0.15) is 0 Å². The van der Waals surface area contributed by atoms with Gasteiger partial charge in [-0.1, -0.05) is 13.8 Å².